The largest absolute Gasteiger partial charge is 0.341 e. The summed E-state index contributed by atoms with van der Waals surface area (Å²) in [6.45, 7) is 10.4. The topological polar surface area (TPSA) is 46.3 Å². The SMILES string of the molecule is CCCCN(CCCC)C(=O)c1ccc2nc(-c3cc4ccccc4n3C)n(CCCN3CCCCC3)c2c1. The number of carbonyl (C=O) groups excluding carboxylic acids is 1. The molecule has 6 heteroatoms. The van der Waals surface area contributed by atoms with Crippen LogP contribution in [0.5, 0.6) is 0 Å². The summed E-state index contributed by atoms with van der Waals surface area (Å²) in [6, 6.07) is 16.9. The zero-order chi connectivity index (χ0) is 27.2. The van der Waals surface area contributed by atoms with Crippen LogP contribution in [0, 0.1) is 0 Å². The number of para-hydroxylation sites is 1. The summed E-state index contributed by atoms with van der Waals surface area (Å²) >= 11 is 0. The number of hydrogen-bond acceptors (Lipinski definition) is 3. The van der Waals surface area contributed by atoms with Crippen LogP contribution in [-0.2, 0) is 13.6 Å². The van der Waals surface area contributed by atoms with Crippen LogP contribution in [0.25, 0.3) is 33.5 Å². The zero-order valence-corrected chi connectivity index (χ0v) is 24.2. The number of nitrogens with zero attached hydrogens (tertiary/aromatic N) is 5. The number of aromatic nitrogens is 3. The number of likely N-dealkylation sites (tertiary alicyclic amines) is 1. The zero-order valence-electron chi connectivity index (χ0n) is 24.2. The number of hydrogen-bond donors (Lipinski definition) is 0. The molecule has 5 rings (SSSR count). The summed E-state index contributed by atoms with van der Waals surface area (Å²) in [5.74, 6) is 1.13. The van der Waals surface area contributed by atoms with Gasteiger partial charge in [0.2, 0.25) is 0 Å². The van der Waals surface area contributed by atoms with Crippen LogP contribution < -0.4 is 0 Å². The van der Waals surface area contributed by atoms with Crippen molar-refractivity contribution in [1.29, 1.82) is 0 Å². The average Bonchev–Trinajstić information content (AvgIpc) is 3.50. The lowest BCUT2D eigenvalue weighted by Gasteiger charge is -2.26. The maximum atomic E-state index is 13.7. The fourth-order valence-corrected chi connectivity index (χ4v) is 6.01. The maximum Gasteiger partial charge on any atom is 0.253 e. The monoisotopic (exact) mass is 527 g/mol. The predicted molar refractivity (Wildman–Crippen MR) is 162 cm³/mol. The second kappa shape index (κ2) is 12.8. The van der Waals surface area contributed by atoms with Gasteiger partial charge in [0, 0.05) is 43.1 Å². The average molecular weight is 528 g/mol. The second-order valence-corrected chi connectivity index (χ2v) is 11.2. The third kappa shape index (κ3) is 6.06. The number of piperidine rings is 1. The van der Waals surface area contributed by atoms with Gasteiger partial charge in [0.1, 0.15) is 0 Å². The summed E-state index contributed by atoms with van der Waals surface area (Å²) in [6.07, 6.45) is 9.31. The van der Waals surface area contributed by atoms with Gasteiger partial charge in [-0.25, -0.2) is 4.98 Å². The molecule has 0 atom stereocenters. The van der Waals surface area contributed by atoms with E-state index in [-0.39, 0.29) is 5.91 Å². The molecule has 0 saturated carbocycles. The molecule has 208 valence electrons. The van der Waals surface area contributed by atoms with E-state index in [9.17, 15) is 4.79 Å². The number of unbranched alkanes of at least 4 members (excludes halogenated alkanes) is 2. The molecule has 1 aliphatic rings. The minimum Gasteiger partial charge on any atom is -0.341 e. The summed E-state index contributed by atoms with van der Waals surface area (Å²) < 4.78 is 4.62. The number of carbonyl (C=O) groups is 1. The van der Waals surface area contributed by atoms with Crippen LogP contribution in [0.1, 0.15) is 75.6 Å². The van der Waals surface area contributed by atoms with E-state index < -0.39 is 0 Å². The molecule has 4 aromatic rings. The van der Waals surface area contributed by atoms with E-state index in [4.69, 9.17) is 4.98 Å². The summed E-state index contributed by atoms with van der Waals surface area (Å²) in [5.41, 5.74) is 5.11. The fourth-order valence-electron chi connectivity index (χ4n) is 6.01. The Bertz CT molecular complexity index is 1390. The van der Waals surface area contributed by atoms with Crippen LogP contribution in [0.15, 0.2) is 48.5 Å². The lowest BCUT2D eigenvalue weighted by Crippen LogP contribution is -2.33. The molecule has 0 spiro atoms. The van der Waals surface area contributed by atoms with Crippen molar-refractivity contribution in [1.82, 2.24) is 23.9 Å². The van der Waals surface area contributed by atoms with E-state index in [0.29, 0.717) is 0 Å². The Balaban J connectivity index is 1.51. The molecule has 1 saturated heterocycles. The summed E-state index contributed by atoms with van der Waals surface area (Å²) in [5, 5.41) is 1.22. The van der Waals surface area contributed by atoms with E-state index in [1.165, 1.54) is 43.3 Å². The Kier molecular flexibility index (Phi) is 9.02. The normalized spacial score (nSPS) is 14.4. The van der Waals surface area contributed by atoms with E-state index in [2.05, 4.69) is 76.2 Å². The second-order valence-electron chi connectivity index (χ2n) is 11.2. The van der Waals surface area contributed by atoms with Crippen LogP contribution in [-0.4, -0.2) is 62.5 Å². The molecule has 2 aromatic carbocycles. The van der Waals surface area contributed by atoms with Gasteiger partial charge < -0.3 is 18.9 Å². The molecule has 0 N–H and O–H groups in total. The van der Waals surface area contributed by atoms with Crippen LogP contribution >= 0.6 is 0 Å². The molecule has 1 aliphatic heterocycles. The molecule has 0 radical (unpaired) electrons. The fraction of sp³-hybridized carbons (Fsp3) is 0.515. The maximum absolute atomic E-state index is 13.7. The Morgan fingerprint density at radius 2 is 1.62 bits per heavy atom. The molecule has 39 heavy (non-hydrogen) atoms. The van der Waals surface area contributed by atoms with Gasteiger partial charge in [-0.2, -0.15) is 0 Å². The molecule has 6 nitrogen and oxygen atoms in total. The first-order chi connectivity index (χ1) is 19.1. The molecule has 0 unspecified atom stereocenters. The first-order valence-electron chi connectivity index (χ1n) is 15.2. The van der Waals surface area contributed by atoms with E-state index in [0.717, 1.165) is 86.4 Å². The van der Waals surface area contributed by atoms with Crippen molar-refractivity contribution in [2.45, 2.75) is 71.8 Å². The highest BCUT2D eigenvalue weighted by atomic mass is 16.2. The van der Waals surface area contributed by atoms with Crippen molar-refractivity contribution in [3.8, 4) is 11.5 Å². The lowest BCUT2D eigenvalue weighted by molar-refractivity contribution is 0.0751. The van der Waals surface area contributed by atoms with Crippen LogP contribution in [0.4, 0.5) is 0 Å². The Morgan fingerprint density at radius 3 is 2.33 bits per heavy atom. The highest BCUT2D eigenvalue weighted by Gasteiger charge is 2.21. The molecule has 3 heterocycles. The number of amides is 1. The summed E-state index contributed by atoms with van der Waals surface area (Å²) in [7, 11) is 2.13. The Morgan fingerprint density at radius 1 is 0.872 bits per heavy atom. The van der Waals surface area contributed by atoms with Crippen molar-refractivity contribution < 1.29 is 4.79 Å². The van der Waals surface area contributed by atoms with Crippen molar-refractivity contribution in [2.24, 2.45) is 7.05 Å². The predicted octanol–water partition coefficient (Wildman–Crippen LogP) is 7.11. The van der Waals surface area contributed by atoms with E-state index in [1.54, 1.807) is 0 Å². The van der Waals surface area contributed by atoms with Gasteiger partial charge in [-0.05, 0) is 82.1 Å². The van der Waals surface area contributed by atoms with Crippen LogP contribution in [0.3, 0.4) is 0 Å². The first-order valence-corrected chi connectivity index (χ1v) is 15.2. The van der Waals surface area contributed by atoms with Crippen molar-refractivity contribution in [3.05, 3.63) is 54.1 Å². The quantitative estimate of drug-likeness (QED) is 0.197. The molecule has 0 bridgehead atoms. The van der Waals surface area contributed by atoms with Crippen molar-refractivity contribution >= 4 is 27.8 Å². The van der Waals surface area contributed by atoms with Crippen LogP contribution in [0.2, 0.25) is 0 Å². The number of imidazole rings is 1. The third-order valence-electron chi connectivity index (χ3n) is 8.33. The minimum atomic E-state index is 0.144. The van der Waals surface area contributed by atoms with E-state index >= 15 is 0 Å². The first kappa shape index (κ1) is 27.4. The van der Waals surface area contributed by atoms with Gasteiger partial charge >= 0.3 is 0 Å². The molecule has 0 aliphatic carbocycles. The highest BCUT2D eigenvalue weighted by Crippen LogP contribution is 2.31. The van der Waals surface area contributed by atoms with Crippen molar-refractivity contribution in [2.75, 3.05) is 32.7 Å². The van der Waals surface area contributed by atoms with Crippen molar-refractivity contribution in [3.63, 3.8) is 0 Å². The highest BCUT2D eigenvalue weighted by molar-refractivity contribution is 5.98. The van der Waals surface area contributed by atoms with Gasteiger partial charge in [0.15, 0.2) is 5.82 Å². The molecular weight excluding hydrogens is 482 g/mol. The van der Waals surface area contributed by atoms with Gasteiger partial charge in [0.05, 0.1) is 16.7 Å². The number of aryl methyl sites for hydroxylation is 2. The molecule has 1 amide bonds. The third-order valence-corrected chi connectivity index (χ3v) is 8.33. The van der Waals surface area contributed by atoms with Gasteiger partial charge in [0.25, 0.3) is 5.91 Å². The Labute approximate surface area is 233 Å². The molecule has 1 fully saturated rings. The Hall–Kier alpha value is -3.12. The number of benzene rings is 2. The molecular formula is C33H45N5O. The number of rotatable bonds is 12. The standard InChI is InChI=1S/C33H45N5O/c1-4-6-21-37(22-7-5-2)33(39)27-16-17-28-30(25-27)38(23-13-20-36-18-11-8-12-19-36)32(34-28)31-24-26-14-9-10-15-29(26)35(31)3/h9-10,14-17,24-25H,4-8,11-13,18-23H2,1-3H3. The van der Waals surface area contributed by atoms with E-state index in [1.807, 2.05) is 12.1 Å². The minimum absolute atomic E-state index is 0.144. The van der Waals surface area contributed by atoms with Gasteiger partial charge in [-0.15, -0.1) is 0 Å². The smallest absolute Gasteiger partial charge is 0.253 e. The lowest BCUT2D eigenvalue weighted by atomic mass is 10.1. The van der Waals surface area contributed by atoms with Gasteiger partial charge in [-0.1, -0.05) is 51.3 Å². The van der Waals surface area contributed by atoms with Gasteiger partial charge in [-0.3, -0.25) is 4.79 Å². The summed E-state index contributed by atoms with van der Waals surface area (Å²) in [4.78, 5) is 23.5. The number of fused-ring (bicyclic) bond motifs is 2. The molecule has 2 aromatic heterocycles.